The predicted molar refractivity (Wildman–Crippen MR) is 150 cm³/mol. The van der Waals surface area contributed by atoms with Crippen molar-refractivity contribution in [1.82, 2.24) is 0 Å². The van der Waals surface area contributed by atoms with Crippen molar-refractivity contribution in [3.05, 3.63) is 83.9 Å². The van der Waals surface area contributed by atoms with E-state index in [1.54, 1.807) is 0 Å². The van der Waals surface area contributed by atoms with Crippen LogP contribution < -0.4 is 0 Å². The first-order valence-electron chi connectivity index (χ1n) is 13.7. The van der Waals surface area contributed by atoms with Crippen molar-refractivity contribution in [2.24, 2.45) is 0 Å². The van der Waals surface area contributed by atoms with E-state index in [9.17, 15) is 4.79 Å². The highest BCUT2D eigenvalue weighted by Crippen LogP contribution is 2.29. The number of ether oxygens (including phenoxy) is 2. The summed E-state index contributed by atoms with van der Waals surface area (Å²) in [6.07, 6.45) is 9.66. The van der Waals surface area contributed by atoms with Gasteiger partial charge in [-0.15, -0.1) is 0 Å². The van der Waals surface area contributed by atoms with Crippen LogP contribution in [-0.2, 0) is 9.47 Å². The van der Waals surface area contributed by atoms with E-state index in [-0.39, 0.29) is 12.1 Å². The molecule has 0 bridgehead atoms. The van der Waals surface area contributed by atoms with Gasteiger partial charge in [-0.2, -0.15) is 0 Å². The molecule has 0 saturated carbocycles. The van der Waals surface area contributed by atoms with Crippen molar-refractivity contribution < 1.29 is 14.3 Å². The molecule has 3 aromatic rings. The minimum absolute atomic E-state index is 0.102. The maximum absolute atomic E-state index is 12.6. The van der Waals surface area contributed by atoms with Crippen LogP contribution in [0.1, 0.15) is 94.2 Å². The topological polar surface area (TPSA) is 35.5 Å². The number of esters is 1. The third kappa shape index (κ3) is 8.34. The van der Waals surface area contributed by atoms with Crippen molar-refractivity contribution in [3.8, 4) is 22.3 Å². The average Bonchev–Trinajstić information content (AvgIpc) is 2.92. The van der Waals surface area contributed by atoms with Gasteiger partial charge in [-0.1, -0.05) is 119 Å². The first-order valence-corrected chi connectivity index (χ1v) is 13.7. The summed E-state index contributed by atoms with van der Waals surface area (Å²) in [5, 5.41) is 0. The molecule has 0 aliphatic heterocycles. The Hall–Kier alpha value is -2.91. The van der Waals surface area contributed by atoms with Crippen molar-refractivity contribution in [1.29, 1.82) is 0 Å². The molecule has 36 heavy (non-hydrogen) atoms. The molecule has 0 aromatic heterocycles. The number of hydrogen-bond acceptors (Lipinski definition) is 3. The summed E-state index contributed by atoms with van der Waals surface area (Å²) in [4.78, 5) is 12.6. The van der Waals surface area contributed by atoms with Gasteiger partial charge >= 0.3 is 5.97 Å². The Labute approximate surface area is 217 Å². The van der Waals surface area contributed by atoms with Crippen LogP contribution in [-0.4, -0.2) is 19.2 Å². The highest BCUT2D eigenvalue weighted by Gasteiger charge is 2.14. The van der Waals surface area contributed by atoms with Crippen LogP contribution >= 0.6 is 0 Å². The number of unbranched alkanes of at least 4 members (excludes halogenated alkanes) is 6. The van der Waals surface area contributed by atoms with E-state index in [1.165, 1.54) is 43.2 Å². The first kappa shape index (κ1) is 27.7. The Bertz CT molecular complexity index is 1040. The number of carbonyl (C=O) groups excluding carboxylic acids is 1. The fourth-order valence-electron chi connectivity index (χ4n) is 4.33. The molecule has 0 aliphatic carbocycles. The molecule has 0 heterocycles. The molecule has 0 N–H and O–H groups in total. The van der Waals surface area contributed by atoms with Gasteiger partial charge in [0.05, 0.1) is 18.3 Å². The monoisotopic (exact) mass is 486 g/mol. The van der Waals surface area contributed by atoms with Crippen molar-refractivity contribution in [2.45, 2.75) is 78.2 Å². The van der Waals surface area contributed by atoms with Crippen LogP contribution in [0.5, 0.6) is 0 Å². The van der Waals surface area contributed by atoms with Gasteiger partial charge in [0.15, 0.2) is 0 Å². The Morgan fingerprint density at radius 2 is 1.25 bits per heavy atom. The van der Waals surface area contributed by atoms with Gasteiger partial charge in [-0.3, -0.25) is 0 Å². The Kier molecular flexibility index (Phi) is 11.7. The van der Waals surface area contributed by atoms with E-state index in [2.05, 4.69) is 69.3 Å². The summed E-state index contributed by atoms with van der Waals surface area (Å²) in [5.41, 5.74) is 6.04. The lowest BCUT2D eigenvalue weighted by Crippen LogP contribution is -2.07. The van der Waals surface area contributed by atoms with E-state index in [0.717, 1.165) is 42.6 Å². The maximum atomic E-state index is 12.6. The van der Waals surface area contributed by atoms with E-state index < -0.39 is 0 Å². The lowest BCUT2D eigenvalue weighted by Gasteiger charge is -2.14. The molecule has 192 valence electrons. The lowest BCUT2D eigenvalue weighted by molar-refractivity contribution is 0.0500. The molecule has 0 spiro atoms. The highest BCUT2D eigenvalue weighted by atomic mass is 16.5. The summed E-state index contributed by atoms with van der Waals surface area (Å²) in [5.74, 6) is -0.258. The van der Waals surface area contributed by atoms with Crippen molar-refractivity contribution >= 4 is 5.97 Å². The highest BCUT2D eigenvalue weighted by molar-refractivity contribution is 5.97. The SMILES string of the molecule is CCCCCCCCOC(C)c1ccc(-c2ccc(-c3ccccc3C(=O)OCCCC)cc2)cc1. The zero-order valence-corrected chi connectivity index (χ0v) is 22.3. The number of hydrogen-bond donors (Lipinski definition) is 0. The molecule has 0 aliphatic rings. The van der Waals surface area contributed by atoms with Crippen LogP contribution in [0, 0.1) is 0 Å². The minimum Gasteiger partial charge on any atom is -0.462 e. The molecular weight excluding hydrogens is 444 g/mol. The van der Waals surface area contributed by atoms with Gasteiger partial charge in [0, 0.05) is 6.61 Å². The average molecular weight is 487 g/mol. The van der Waals surface area contributed by atoms with Crippen LogP contribution in [0.2, 0.25) is 0 Å². The standard InChI is InChI=1S/C33H42O3/c1-4-6-8-9-10-13-25-35-26(3)27-16-18-28(19-17-27)29-20-22-30(23-21-29)31-14-11-12-15-32(31)33(34)36-24-7-5-2/h11-12,14-23,26H,4-10,13,24-25H2,1-3H3. The molecule has 3 heteroatoms. The molecule has 0 saturated heterocycles. The number of rotatable bonds is 15. The normalized spacial score (nSPS) is 11.9. The van der Waals surface area contributed by atoms with Gasteiger partial charge in [0.25, 0.3) is 0 Å². The summed E-state index contributed by atoms with van der Waals surface area (Å²) in [6.45, 7) is 7.75. The van der Waals surface area contributed by atoms with E-state index in [1.807, 2.05) is 24.3 Å². The lowest BCUT2D eigenvalue weighted by atomic mass is 9.96. The third-order valence-electron chi connectivity index (χ3n) is 6.65. The molecule has 0 fully saturated rings. The molecule has 3 nitrogen and oxygen atoms in total. The Balaban J connectivity index is 1.58. The molecule has 3 aromatic carbocycles. The minimum atomic E-state index is -0.258. The quantitative estimate of drug-likeness (QED) is 0.158. The second-order valence-electron chi connectivity index (χ2n) is 9.52. The van der Waals surface area contributed by atoms with Gasteiger partial charge < -0.3 is 9.47 Å². The third-order valence-corrected chi connectivity index (χ3v) is 6.65. The van der Waals surface area contributed by atoms with E-state index in [4.69, 9.17) is 9.47 Å². The Morgan fingerprint density at radius 1 is 0.667 bits per heavy atom. The summed E-state index contributed by atoms with van der Waals surface area (Å²) in [7, 11) is 0. The molecular formula is C33H42O3. The molecule has 0 radical (unpaired) electrons. The Morgan fingerprint density at radius 3 is 1.94 bits per heavy atom. The predicted octanol–water partition coefficient (Wildman–Crippen LogP) is 9.42. The van der Waals surface area contributed by atoms with Crippen LogP contribution in [0.25, 0.3) is 22.3 Å². The van der Waals surface area contributed by atoms with Gasteiger partial charge in [-0.25, -0.2) is 4.79 Å². The fourth-order valence-corrected chi connectivity index (χ4v) is 4.33. The van der Waals surface area contributed by atoms with E-state index in [0.29, 0.717) is 12.2 Å². The molecule has 1 unspecified atom stereocenters. The summed E-state index contributed by atoms with van der Waals surface area (Å²) < 4.78 is 11.5. The smallest absolute Gasteiger partial charge is 0.338 e. The van der Waals surface area contributed by atoms with Crippen LogP contribution in [0.15, 0.2) is 72.8 Å². The van der Waals surface area contributed by atoms with Crippen LogP contribution in [0.3, 0.4) is 0 Å². The van der Waals surface area contributed by atoms with E-state index >= 15 is 0 Å². The maximum Gasteiger partial charge on any atom is 0.338 e. The van der Waals surface area contributed by atoms with Crippen LogP contribution in [0.4, 0.5) is 0 Å². The number of carbonyl (C=O) groups is 1. The second-order valence-corrected chi connectivity index (χ2v) is 9.52. The largest absolute Gasteiger partial charge is 0.462 e. The summed E-state index contributed by atoms with van der Waals surface area (Å²) >= 11 is 0. The van der Waals surface area contributed by atoms with Gasteiger partial charge in [-0.05, 0) is 53.6 Å². The van der Waals surface area contributed by atoms with Gasteiger partial charge in [0.1, 0.15) is 0 Å². The zero-order chi connectivity index (χ0) is 25.6. The molecule has 0 amide bonds. The second kappa shape index (κ2) is 15.3. The molecule has 3 rings (SSSR count). The summed E-state index contributed by atoms with van der Waals surface area (Å²) in [6, 6.07) is 24.7. The van der Waals surface area contributed by atoms with Crippen molar-refractivity contribution in [3.63, 3.8) is 0 Å². The number of benzene rings is 3. The first-order chi connectivity index (χ1) is 17.6. The van der Waals surface area contributed by atoms with Gasteiger partial charge in [0.2, 0.25) is 0 Å². The molecule has 1 atom stereocenters. The zero-order valence-electron chi connectivity index (χ0n) is 22.3. The van der Waals surface area contributed by atoms with Crippen molar-refractivity contribution in [2.75, 3.05) is 13.2 Å². The fraction of sp³-hybridized carbons (Fsp3) is 0.424.